The number of nitrogens with one attached hydrogen (secondary N) is 1. The molecule has 3 aliphatic rings. The predicted molar refractivity (Wildman–Crippen MR) is 171 cm³/mol. The molecule has 1 N–H and O–H groups in total. The number of rotatable bonds is 9. The van der Waals surface area contributed by atoms with Crippen molar-refractivity contribution >= 4 is 21.6 Å². The number of pyridine rings is 1. The number of nitriles is 1. The van der Waals surface area contributed by atoms with Gasteiger partial charge in [-0.05, 0) is 93.1 Å². The zero-order valence-corrected chi connectivity index (χ0v) is 26.5. The number of hydrogen-bond donors (Lipinski definition) is 1. The van der Waals surface area contributed by atoms with Crippen LogP contribution in [0.1, 0.15) is 37.7 Å². The van der Waals surface area contributed by atoms with Gasteiger partial charge in [0, 0.05) is 56.6 Å². The number of benzene rings is 2. The second-order valence-electron chi connectivity index (χ2n) is 12.6. The van der Waals surface area contributed by atoms with Crippen molar-refractivity contribution in [2.24, 2.45) is 17.8 Å². The van der Waals surface area contributed by atoms with Gasteiger partial charge in [0.25, 0.3) is 0 Å². The van der Waals surface area contributed by atoms with Crippen molar-refractivity contribution in [3.05, 3.63) is 84.7 Å². The van der Waals surface area contributed by atoms with Crippen LogP contribution < -0.4 is 10.2 Å². The number of nitrogens with zero attached hydrogens (tertiary/aromatic N) is 4. The molecule has 236 valence electrons. The molecule has 0 radical (unpaired) electrons. The van der Waals surface area contributed by atoms with Gasteiger partial charge in [-0.15, -0.1) is 0 Å². The first-order chi connectivity index (χ1) is 21.8. The zero-order chi connectivity index (χ0) is 31.4. The summed E-state index contributed by atoms with van der Waals surface area (Å²) in [5.74, 6) is 0.682. The smallest absolute Gasteiger partial charge is 0.407 e. The largest absolute Gasteiger partial charge is 0.446 e. The maximum absolute atomic E-state index is 12.9. The fraction of sp³-hybridized carbons (Fsp3) is 0.457. The van der Waals surface area contributed by atoms with Crippen LogP contribution >= 0.6 is 0 Å². The summed E-state index contributed by atoms with van der Waals surface area (Å²) in [5, 5.41) is 13.5. The Morgan fingerprint density at radius 2 is 1.64 bits per heavy atom. The third-order valence-electron chi connectivity index (χ3n) is 10.1. The summed E-state index contributed by atoms with van der Waals surface area (Å²) in [4.78, 5) is 21.5. The highest BCUT2D eigenvalue weighted by Gasteiger charge is 2.53. The van der Waals surface area contributed by atoms with Crippen LogP contribution in [0.25, 0.3) is 0 Å². The standard InChI is InChI=1S/C35H41N5O4S/c1-37-34(41)44-33-9-5-8-32(33)35(25-36,27-6-3-2-4-7-27)28-16-20-39(21-17-28)22-26-23-40(24-26)29-10-12-30(13-11-29)45(42,43)31-14-18-38-19-15-31/h2-4,6-7,10-15,18-19,26,28,32-33H,5,8-9,16-17,20-24H2,1H3,(H,37,41)/t32?,33-,35+/m1/s1. The van der Waals surface area contributed by atoms with Crippen LogP contribution in [-0.2, 0) is 20.0 Å². The summed E-state index contributed by atoms with van der Waals surface area (Å²) in [6.45, 7) is 4.75. The minimum absolute atomic E-state index is 0.0370. The van der Waals surface area contributed by atoms with E-state index in [0.717, 1.165) is 76.1 Å². The van der Waals surface area contributed by atoms with Crippen LogP contribution in [0.4, 0.5) is 10.5 Å². The maximum atomic E-state index is 12.9. The van der Waals surface area contributed by atoms with E-state index in [2.05, 4.69) is 38.3 Å². The molecule has 1 aromatic heterocycles. The number of amides is 1. The second kappa shape index (κ2) is 13.2. The molecule has 1 saturated carbocycles. The molecule has 0 spiro atoms. The van der Waals surface area contributed by atoms with E-state index in [1.807, 2.05) is 30.3 Å². The van der Waals surface area contributed by atoms with Crippen LogP contribution in [-0.4, -0.2) is 70.3 Å². The highest BCUT2D eigenvalue weighted by Crippen LogP contribution is 2.51. The summed E-state index contributed by atoms with van der Waals surface area (Å²) in [5.41, 5.74) is 1.37. The first kappa shape index (κ1) is 31.1. The van der Waals surface area contributed by atoms with Gasteiger partial charge in [0.05, 0.1) is 21.3 Å². The van der Waals surface area contributed by atoms with Crippen LogP contribution in [0, 0.1) is 29.1 Å². The fourth-order valence-electron chi connectivity index (χ4n) is 7.81. The van der Waals surface area contributed by atoms with Crippen molar-refractivity contribution in [2.45, 2.75) is 53.4 Å². The highest BCUT2D eigenvalue weighted by atomic mass is 32.2. The molecule has 3 fully saturated rings. The SMILES string of the molecule is CNC(=O)O[C@@H]1CCCC1[C@@](C#N)(c1ccccc1)C1CCN(CC2CN(c3ccc(S(=O)(=O)c4ccncc4)cc3)C2)CC1. The van der Waals surface area contributed by atoms with Crippen molar-refractivity contribution in [2.75, 3.05) is 44.7 Å². The lowest BCUT2D eigenvalue weighted by atomic mass is 9.59. The molecule has 10 heteroatoms. The molecule has 9 nitrogen and oxygen atoms in total. The number of anilines is 1. The van der Waals surface area contributed by atoms with E-state index in [0.29, 0.717) is 5.92 Å². The minimum atomic E-state index is -3.56. The van der Waals surface area contributed by atoms with E-state index >= 15 is 0 Å². The Morgan fingerprint density at radius 1 is 0.978 bits per heavy atom. The lowest BCUT2D eigenvalue weighted by Crippen LogP contribution is -2.54. The number of carbonyl (C=O) groups excluding carboxylic acids is 1. The van der Waals surface area contributed by atoms with E-state index in [-0.39, 0.29) is 27.7 Å². The molecular formula is C35H41N5O4S. The molecule has 3 atom stereocenters. The van der Waals surface area contributed by atoms with Gasteiger partial charge in [-0.3, -0.25) is 4.98 Å². The number of aromatic nitrogens is 1. The second-order valence-corrected chi connectivity index (χ2v) is 14.6. The Bertz CT molecular complexity index is 1600. The fourth-order valence-corrected chi connectivity index (χ4v) is 9.06. The molecule has 1 unspecified atom stereocenters. The van der Waals surface area contributed by atoms with Crippen LogP contribution in [0.5, 0.6) is 0 Å². The molecule has 2 saturated heterocycles. The van der Waals surface area contributed by atoms with Crippen LogP contribution in [0.3, 0.4) is 0 Å². The van der Waals surface area contributed by atoms with Crippen molar-refractivity contribution in [3.63, 3.8) is 0 Å². The van der Waals surface area contributed by atoms with E-state index in [9.17, 15) is 18.5 Å². The van der Waals surface area contributed by atoms with Gasteiger partial charge in [-0.2, -0.15) is 5.26 Å². The number of likely N-dealkylation sites (tertiary alicyclic amines) is 1. The van der Waals surface area contributed by atoms with Crippen molar-refractivity contribution in [1.29, 1.82) is 5.26 Å². The van der Waals surface area contributed by atoms with Gasteiger partial charge in [-0.1, -0.05) is 30.3 Å². The number of piperidine rings is 1. The summed E-state index contributed by atoms with van der Waals surface area (Å²) in [6.07, 6.45) is 6.74. The third-order valence-corrected chi connectivity index (χ3v) is 11.9. The molecule has 1 amide bonds. The lowest BCUT2D eigenvalue weighted by molar-refractivity contribution is 0.0307. The predicted octanol–water partition coefficient (Wildman–Crippen LogP) is 5.05. The number of carbonyl (C=O) groups is 1. The maximum Gasteiger partial charge on any atom is 0.407 e. The Morgan fingerprint density at radius 3 is 2.29 bits per heavy atom. The molecule has 2 aliphatic heterocycles. The van der Waals surface area contributed by atoms with Crippen molar-refractivity contribution in [1.82, 2.24) is 15.2 Å². The molecule has 0 bridgehead atoms. The minimum Gasteiger partial charge on any atom is -0.446 e. The average molecular weight is 628 g/mol. The van der Waals surface area contributed by atoms with Crippen LogP contribution in [0.2, 0.25) is 0 Å². The monoisotopic (exact) mass is 627 g/mol. The Hall–Kier alpha value is -3.94. The van der Waals surface area contributed by atoms with Gasteiger partial charge in [0.15, 0.2) is 0 Å². The Labute approximate surface area is 266 Å². The first-order valence-corrected chi connectivity index (χ1v) is 17.4. The average Bonchev–Trinajstić information content (AvgIpc) is 3.53. The summed E-state index contributed by atoms with van der Waals surface area (Å²) >= 11 is 0. The number of sulfone groups is 1. The van der Waals surface area contributed by atoms with Gasteiger partial charge in [0.2, 0.25) is 9.84 Å². The molecule has 1 aliphatic carbocycles. The zero-order valence-electron chi connectivity index (χ0n) is 25.7. The lowest BCUT2D eigenvalue weighted by Gasteiger charge is -2.47. The van der Waals surface area contributed by atoms with Crippen molar-refractivity contribution in [3.8, 4) is 6.07 Å². The van der Waals surface area contributed by atoms with Gasteiger partial charge >= 0.3 is 6.09 Å². The van der Waals surface area contributed by atoms with Gasteiger partial charge in [-0.25, -0.2) is 13.2 Å². The summed E-state index contributed by atoms with van der Waals surface area (Å²) in [6, 6.07) is 23.2. The first-order valence-electron chi connectivity index (χ1n) is 15.9. The molecule has 45 heavy (non-hydrogen) atoms. The normalized spacial score (nSPS) is 22.6. The van der Waals surface area contributed by atoms with E-state index in [1.54, 1.807) is 19.2 Å². The van der Waals surface area contributed by atoms with E-state index < -0.39 is 21.3 Å². The molecular weight excluding hydrogens is 586 g/mol. The topological polar surface area (TPSA) is 116 Å². The van der Waals surface area contributed by atoms with E-state index in [4.69, 9.17) is 4.74 Å². The third kappa shape index (κ3) is 6.16. The number of alkyl carbamates (subject to hydrolysis) is 1. The molecule has 6 rings (SSSR count). The van der Waals surface area contributed by atoms with Crippen molar-refractivity contribution < 1.29 is 17.9 Å². The molecule has 3 heterocycles. The number of ether oxygens (including phenoxy) is 1. The highest BCUT2D eigenvalue weighted by molar-refractivity contribution is 7.91. The molecule has 2 aromatic carbocycles. The molecule has 3 aromatic rings. The Balaban J connectivity index is 1.07. The van der Waals surface area contributed by atoms with Gasteiger partial charge < -0.3 is 19.9 Å². The number of hydrogen-bond acceptors (Lipinski definition) is 8. The van der Waals surface area contributed by atoms with Crippen LogP contribution in [0.15, 0.2) is 88.9 Å². The quantitative estimate of drug-likeness (QED) is 0.351. The van der Waals surface area contributed by atoms with E-state index in [1.165, 1.54) is 24.5 Å². The van der Waals surface area contributed by atoms with Gasteiger partial charge in [0.1, 0.15) is 6.10 Å². The summed E-state index contributed by atoms with van der Waals surface area (Å²) < 4.78 is 31.7. The Kier molecular flexibility index (Phi) is 9.11. The summed E-state index contributed by atoms with van der Waals surface area (Å²) in [7, 11) is -1.99.